The molecule has 1 aromatic heterocycles. The molecule has 1 fully saturated rings. The molecule has 0 spiro atoms. The van der Waals surface area contributed by atoms with Crippen LogP contribution in [0.15, 0.2) is 10.9 Å². The fourth-order valence-corrected chi connectivity index (χ4v) is 2.14. The van der Waals surface area contributed by atoms with E-state index in [2.05, 4.69) is 20.6 Å². The Morgan fingerprint density at radius 1 is 1.59 bits per heavy atom. The zero-order valence-electron chi connectivity index (χ0n) is 10.3. The number of H-pyrrole nitrogens is 1. The van der Waals surface area contributed by atoms with E-state index >= 15 is 0 Å². The van der Waals surface area contributed by atoms with Crippen molar-refractivity contribution in [1.82, 2.24) is 15.3 Å². The second kappa shape index (κ2) is 5.82. The molecular formula is C12H20N4O. The average Bonchev–Trinajstić information content (AvgIpc) is 2.81. The smallest absolute Gasteiger partial charge is 0.252 e. The summed E-state index contributed by atoms with van der Waals surface area (Å²) in [5, 5.41) is 6.66. The molecule has 1 unspecified atom stereocenters. The van der Waals surface area contributed by atoms with Gasteiger partial charge in [0, 0.05) is 25.1 Å². The van der Waals surface area contributed by atoms with Gasteiger partial charge < -0.3 is 15.6 Å². The number of hydrogen-bond acceptors (Lipinski definition) is 4. The highest BCUT2D eigenvalue weighted by molar-refractivity contribution is 5.32. The van der Waals surface area contributed by atoms with Gasteiger partial charge in [-0.25, -0.2) is 4.98 Å². The molecule has 1 aromatic rings. The van der Waals surface area contributed by atoms with E-state index in [1.807, 2.05) is 6.92 Å². The molecule has 2 heterocycles. The average molecular weight is 236 g/mol. The maximum absolute atomic E-state index is 11.3. The van der Waals surface area contributed by atoms with Gasteiger partial charge in [-0.1, -0.05) is 6.92 Å². The van der Waals surface area contributed by atoms with Gasteiger partial charge in [0.05, 0.1) is 0 Å². The third-order valence-corrected chi connectivity index (χ3v) is 3.09. The van der Waals surface area contributed by atoms with Gasteiger partial charge >= 0.3 is 0 Å². The Hall–Kier alpha value is -1.36. The molecule has 1 atom stereocenters. The summed E-state index contributed by atoms with van der Waals surface area (Å²) in [5.41, 5.74) is -0.0849. The van der Waals surface area contributed by atoms with E-state index < -0.39 is 0 Å². The summed E-state index contributed by atoms with van der Waals surface area (Å²) in [7, 11) is 0. The van der Waals surface area contributed by atoms with Crippen molar-refractivity contribution in [1.29, 1.82) is 0 Å². The van der Waals surface area contributed by atoms with E-state index in [1.165, 1.54) is 18.9 Å². The van der Waals surface area contributed by atoms with Crippen LogP contribution in [0.1, 0.15) is 32.0 Å². The van der Waals surface area contributed by atoms with E-state index in [0.717, 1.165) is 31.8 Å². The molecule has 3 N–H and O–H groups in total. The minimum absolute atomic E-state index is 0.0849. The molecule has 0 amide bonds. The predicted octanol–water partition coefficient (Wildman–Crippen LogP) is 0.886. The fourth-order valence-electron chi connectivity index (χ4n) is 2.14. The molecule has 5 heteroatoms. The Morgan fingerprint density at radius 3 is 3.18 bits per heavy atom. The Labute approximate surface area is 101 Å². The van der Waals surface area contributed by atoms with Gasteiger partial charge in [-0.15, -0.1) is 0 Å². The van der Waals surface area contributed by atoms with Gasteiger partial charge in [-0.3, -0.25) is 4.79 Å². The molecule has 0 aromatic carbocycles. The quantitative estimate of drug-likeness (QED) is 0.710. The van der Waals surface area contributed by atoms with Crippen molar-refractivity contribution < 1.29 is 0 Å². The van der Waals surface area contributed by atoms with Crippen molar-refractivity contribution >= 4 is 5.82 Å². The molecular weight excluding hydrogens is 216 g/mol. The van der Waals surface area contributed by atoms with Crippen LogP contribution in [0.4, 0.5) is 5.82 Å². The lowest BCUT2D eigenvalue weighted by Crippen LogP contribution is -2.24. The highest BCUT2D eigenvalue weighted by Crippen LogP contribution is 2.09. The predicted molar refractivity (Wildman–Crippen MR) is 68.4 cm³/mol. The number of nitrogens with one attached hydrogen (secondary N) is 3. The Balaban J connectivity index is 1.85. The number of aryl methyl sites for hydroxylation is 1. The summed E-state index contributed by atoms with van der Waals surface area (Å²) in [6.45, 7) is 3.97. The van der Waals surface area contributed by atoms with Crippen molar-refractivity contribution in [2.45, 2.75) is 38.6 Å². The summed E-state index contributed by atoms with van der Waals surface area (Å²) < 4.78 is 0. The van der Waals surface area contributed by atoms with Crippen molar-refractivity contribution in [3.8, 4) is 0 Å². The van der Waals surface area contributed by atoms with Gasteiger partial charge in [-0.05, 0) is 25.8 Å². The first-order valence-electron chi connectivity index (χ1n) is 6.35. The summed E-state index contributed by atoms with van der Waals surface area (Å²) in [4.78, 5) is 18.4. The lowest BCUT2D eigenvalue weighted by molar-refractivity contribution is 0.574. The van der Waals surface area contributed by atoms with Crippen LogP contribution in [0.3, 0.4) is 0 Å². The zero-order valence-corrected chi connectivity index (χ0v) is 10.3. The normalized spacial score (nSPS) is 19.5. The van der Waals surface area contributed by atoms with Crippen LogP contribution in [0.2, 0.25) is 0 Å². The van der Waals surface area contributed by atoms with Crippen molar-refractivity contribution in [3.63, 3.8) is 0 Å². The minimum atomic E-state index is -0.0849. The second-order valence-electron chi connectivity index (χ2n) is 4.44. The lowest BCUT2D eigenvalue weighted by atomic mass is 10.1. The van der Waals surface area contributed by atoms with Crippen LogP contribution in [0.5, 0.6) is 0 Å². The summed E-state index contributed by atoms with van der Waals surface area (Å²) >= 11 is 0. The van der Waals surface area contributed by atoms with E-state index in [-0.39, 0.29) is 5.56 Å². The van der Waals surface area contributed by atoms with E-state index in [4.69, 9.17) is 0 Å². The molecule has 94 valence electrons. The zero-order chi connectivity index (χ0) is 12.1. The number of hydrogen-bond donors (Lipinski definition) is 3. The molecule has 1 aliphatic rings. The SMILES string of the molecule is CCc1nc(NCCC2CCCN2)cc(=O)[nH]1. The highest BCUT2D eigenvalue weighted by atomic mass is 16.1. The first kappa shape index (κ1) is 12.1. The number of anilines is 1. The monoisotopic (exact) mass is 236 g/mol. The third kappa shape index (κ3) is 3.56. The molecule has 0 saturated carbocycles. The maximum Gasteiger partial charge on any atom is 0.252 e. The Morgan fingerprint density at radius 2 is 2.47 bits per heavy atom. The van der Waals surface area contributed by atoms with Crippen LogP contribution in [0.25, 0.3) is 0 Å². The Kier molecular flexibility index (Phi) is 4.14. The van der Waals surface area contributed by atoms with E-state index in [1.54, 1.807) is 0 Å². The molecule has 0 radical (unpaired) electrons. The molecule has 17 heavy (non-hydrogen) atoms. The number of rotatable bonds is 5. The van der Waals surface area contributed by atoms with Gasteiger partial charge in [-0.2, -0.15) is 0 Å². The van der Waals surface area contributed by atoms with E-state index in [0.29, 0.717) is 11.9 Å². The van der Waals surface area contributed by atoms with Gasteiger partial charge in [0.2, 0.25) is 0 Å². The summed E-state index contributed by atoms with van der Waals surface area (Å²) in [6.07, 6.45) is 4.35. The topological polar surface area (TPSA) is 69.8 Å². The molecule has 5 nitrogen and oxygen atoms in total. The van der Waals surface area contributed by atoms with Gasteiger partial charge in [0.15, 0.2) is 0 Å². The van der Waals surface area contributed by atoms with Crippen molar-refractivity contribution in [2.24, 2.45) is 0 Å². The second-order valence-corrected chi connectivity index (χ2v) is 4.44. The van der Waals surface area contributed by atoms with Crippen LogP contribution < -0.4 is 16.2 Å². The minimum Gasteiger partial charge on any atom is -0.370 e. The van der Waals surface area contributed by atoms with Crippen molar-refractivity contribution in [3.05, 3.63) is 22.2 Å². The van der Waals surface area contributed by atoms with E-state index in [9.17, 15) is 4.79 Å². The van der Waals surface area contributed by atoms with Crippen molar-refractivity contribution in [2.75, 3.05) is 18.4 Å². The molecule has 0 bridgehead atoms. The summed E-state index contributed by atoms with van der Waals surface area (Å²) in [6, 6.07) is 2.14. The fraction of sp³-hybridized carbons (Fsp3) is 0.667. The Bertz CT molecular complexity index is 409. The molecule has 1 saturated heterocycles. The van der Waals surface area contributed by atoms with Crippen LogP contribution in [-0.2, 0) is 6.42 Å². The standard InChI is InChI=1S/C12H20N4O/c1-2-10-15-11(8-12(17)16-10)14-7-5-9-4-3-6-13-9/h8-9,13H,2-7H2,1H3,(H2,14,15,16,17). The first-order valence-corrected chi connectivity index (χ1v) is 6.35. The highest BCUT2D eigenvalue weighted by Gasteiger charge is 2.12. The summed E-state index contributed by atoms with van der Waals surface area (Å²) in [5.74, 6) is 1.42. The largest absolute Gasteiger partial charge is 0.370 e. The number of nitrogens with zero attached hydrogens (tertiary/aromatic N) is 1. The molecule has 2 rings (SSSR count). The lowest BCUT2D eigenvalue weighted by Gasteiger charge is -2.11. The maximum atomic E-state index is 11.3. The number of aromatic nitrogens is 2. The number of aromatic amines is 1. The van der Waals surface area contributed by atoms with Crippen LogP contribution in [0, 0.1) is 0 Å². The van der Waals surface area contributed by atoms with Crippen LogP contribution >= 0.6 is 0 Å². The van der Waals surface area contributed by atoms with Gasteiger partial charge in [0.25, 0.3) is 5.56 Å². The first-order chi connectivity index (χ1) is 8.28. The molecule has 1 aliphatic heterocycles. The third-order valence-electron chi connectivity index (χ3n) is 3.09. The van der Waals surface area contributed by atoms with Gasteiger partial charge in [0.1, 0.15) is 11.6 Å². The van der Waals surface area contributed by atoms with Crippen LogP contribution in [-0.4, -0.2) is 29.1 Å². The molecule has 0 aliphatic carbocycles.